The van der Waals surface area contributed by atoms with E-state index >= 15 is 0 Å². The molecule has 0 aliphatic heterocycles. The molecular formula is C11H16BrFN2O. The van der Waals surface area contributed by atoms with Gasteiger partial charge in [0.2, 0.25) is 0 Å². The highest BCUT2D eigenvalue weighted by atomic mass is 79.9. The molecule has 90 valence electrons. The van der Waals surface area contributed by atoms with Crippen molar-refractivity contribution in [2.75, 3.05) is 17.7 Å². The van der Waals surface area contributed by atoms with Crippen LogP contribution >= 0.6 is 15.9 Å². The molecule has 0 amide bonds. The van der Waals surface area contributed by atoms with Gasteiger partial charge >= 0.3 is 0 Å². The van der Waals surface area contributed by atoms with Crippen LogP contribution in [0, 0.1) is 11.7 Å². The van der Waals surface area contributed by atoms with Gasteiger partial charge in [0.05, 0.1) is 28.5 Å². The van der Waals surface area contributed by atoms with Crippen molar-refractivity contribution in [1.29, 1.82) is 0 Å². The van der Waals surface area contributed by atoms with Crippen molar-refractivity contribution in [3.63, 3.8) is 0 Å². The number of anilines is 2. The van der Waals surface area contributed by atoms with Gasteiger partial charge in [0.15, 0.2) is 0 Å². The fourth-order valence-corrected chi connectivity index (χ4v) is 1.65. The fraction of sp³-hybridized carbons (Fsp3) is 0.455. The van der Waals surface area contributed by atoms with E-state index in [1.807, 2.05) is 13.8 Å². The average Bonchev–Trinajstić information content (AvgIpc) is 2.21. The molecule has 1 aromatic carbocycles. The van der Waals surface area contributed by atoms with E-state index in [1.54, 1.807) is 6.07 Å². The first-order valence-electron chi connectivity index (χ1n) is 5.07. The molecule has 0 aliphatic rings. The van der Waals surface area contributed by atoms with Gasteiger partial charge in [-0.15, -0.1) is 0 Å². The van der Waals surface area contributed by atoms with Gasteiger partial charge in [0, 0.05) is 6.07 Å². The molecule has 0 saturated carbocycles. The zero-order valence-electron chi connectivity index (χ0n) is 9.30. The fourth-order valence-electron chi connectivity index (χ4n) is 1.31. The van der Waals surface area contributed by atoms with E-state index in [1.165, 1.54) is 6.07 Å². The second-order valence-electron chi connectivity index (χ2n) is 4.03. The zero-order valence-corrected chi connectivity index (χ0v) is 10.9. The van der Waals surface area contributed by atoms with Gasteiger partial charge in [-0.2, -0.15) is 0 Å². The Hall–Kier alpha value is -0.810. The Balaban J connectivity index is 2.92. The Bertz CT molecular complexity index is 371. The molecule has 1 aromatic rings. The maximum absolute atomic E-state index is 13.1. The molecule has 0 fully saturated rings. The van der Waals surface area contributed by atoms with Gasteiger partial charge in [-0.05, 0) is 27.9 Å². The third-order valence-corrected chi connectivity index (χ3v) is 3.04. The Morgan fingerprint density at radius 1 is 1.50 bits per heavy atom. The number of aliphatic hydroxyl groups is 1. The highest BCUT2D eigenvalue weighted by molar-refractivity contribution is 9.10. The minimum absolute atomic E-state index is 0.00605. The van der Waals surface area contributed by atoms with Gasteiger partial charge in [0.1, 0.15) is 5.82 Å². The molecule has 4 N–H and O–H groups in total. The van der Waals surface area contributed by atoms with E-state index in [2.05, 4.69) is 21.2 Å². The number of nitrogens with two attached hydrogens (primary N) is 1. The number of halogens is 2. The van der Waals surface area contributed by atoms with Crippen LogP contribution in [0.5, 0.6) is 0 Å². The first-order valence-corrected chi connectivity index (χ1v) is 5.87. The lowest BCUT2D eigenvalue weighted by Crippen LogP contribution is -2.29. The van der Waals surface area contributed by atoms with E-state index < -0.39 is 5.82 Å². The first kappa shape index (κ1) is 13.3. The second-order valence-corrected chi connectivity index (χ2v) is 4.89. The average molecular weight is 291 g/mol. The summed E-state index contributed by atoms with van der Waals surface area (Å²) in [4.78, 5) is 0. The number of nitrogen functional groups attached to an aromatic ring is 1. The van der Waals surface area contributed by atoms with E-state index in [0.29, 0.717) is 15.8 Å². The van der Waals surface area contributed by atoms with Crippen molar-refractivity contribution in [2.24, 2.45) is 5.92 Å². The summed E-state index contributed by atoms with van der Waals surface area (Å²) in [5.41, 5.74) is 6.65. The highest BCUT2D eigenvalue weighted by Crippen LogP contribution is 2.27. The van der Waals surface area contributed by atoms with Crippen LogP contribution in [0.3, 0.4) is 0 Å². The van der Waals surface area contributed by atoms with Gasteiger partial charge in [-0.3, -0.25) is 0 Å². The van der Waals surface area contributed by atoms with Crippen molar-refractivity contribution in [1.82, 2.24) is 0 Å². The predicted octanol–water partition coefficient (Wildman–Crippen LogP) is 2.60. The Morgan fingerprint density at radius 3 is 2.62 bits per heavy atom. The molecule has 1 rings (SSSR count). The number of nitrogens with one attached hydrogen (secondary N) is 1. The summed E-state index contributed by atoms with van der Waals surface area (Å²) in [5, 5.41) is 12.3. The summed E-state index contributed by atoms with van der Waals surface area (Å²) >= 11 is 3.10. The van der Waals surface area contributed by atoms with Crippen LogP contribution in [0.15, 0.2) is 16.6 Å². The van der Waals surface area contributed by atoms with Crippen molar-refractivity contribution in [3.8, 4) is 0 Å². The van der Waals surface area contributed by atoms with Crippen molar-refractivity contribution in [2.45, 2.75) is 19.9 Å². The normalized spacial score (nSPS) is 12.9. The minimum atomic E-state index is -0.395. The highest BCUT2D eigenvalue weighted by Gasteiger charge is 2.14. The topological polar surface area (TPSA) is 58.3 Å². The smallest absolute Gasteiger partial charge is 0.139 e. The van der Waals surface area contributed by atoms with Gasteiger partial charge < -0.3 is 16.2 Å². The second kappa shape index (κ2) is 5.50. The number of hydrogen-bond acceptors (Lipinski definition) is 3. The van der Waals surface area contributed by atoms with Crippen LogP contribution in [0.25, 0.3) is 0 Å². The molecular weight excluding hydrogens is 275 g/mol. The standard InChI is InChI=1S/C11H16BrFN2O/c1-6(2)11(5-16)15-10-3-7(12)8(13)4-9(10)14/h3-4,6,11,15-16H,5,14H2,1-2H3. The van der Waals surface area contributed by atoms with Crippen LogP contribution in [-0.4, -0.2) is 17.8 Å². The predicted molar refractivity (Wildman–Crippen MR) is 67.8 cm³/mol. The molecule has 0 saturated heterocycles. The van der Waals surface area contributed by atoms with Crippen LogP contribution in [-0.2, 0) is 0 Å². The van der Waals surface area contributed by atoms with Gasteiger partial charge in [-0.1, -0.05) is 13.8 Å². The van der Waals surface area contributed by atoms with Crippen molar-refractivity contribution < 1.29 is 9.50 Å². The summed E-state index contributed by atoms with van der Waals surface area (Å²) in [6.07, 6.45) is 0. The number of benzene rings is 1. The third kappa shape index (κ3) is 3.09. The minimum Gasteiger partial charge on any atom is -0.397 e. The lowest BCUT2D eigenvalue weighted by molar-refractivity contribution is 0.249. The molecule has 1 unspecified atom stereocenters. The maximum Gasteiger partial charge on any atom is 0.139 e. The summed E-state index contributed by atoms with van der Waals surface area (Å²) in [5.74, 6) is -0.138. The van der Waals surface area contributed by atoms with Gasteiger partial charge in [0.25, 0.3) is 0 Å². The first-order chi connectivity index (χ1) is 7.45. The molecule has 1 atom stereocenters. The molecule has 5 heteroatoms. The Kier molecular flexibility index (Phi) is 4.56. The molecule has 0 aromatic heterocycles. The van der Waals surface area contributed by atoms with Crippen LogP contribution in [0.2, 0.25) is 0 Å². The largest absolute Gasteiger partial charge is 0.397 e. The lowest BCUT2D eigenvalue weighted by Gasteiger charge is -2.22. The summed E-state index contributed by atoms with van der Waals surface area (Å²) in [6.45, 7) is 3.98. The number of rotatable bonds is 4. The third-order valence-electron chi connectivity index (χ3n) is 2.43. The Labute approximate surface area is 103 Å². The summed E-state index contributed by atoms with van der Waals surface area (Å²) < 4.78 is 13.5. The molecule has 0 radical (unpaired) electrons. The lowest BCUT2D eigenvalue weighted by atomic mass is 10.0. The number of aliphatic hydroxyl groups excluding tert-OH is 1. The van der Waals surface area contributed by atoms with Crippen molar-refractivity contribution >= 4 is 27.3 Å². The summed E-state index contributed by atoms with van der Waals surface area (Å²) in [7, 11) is 0. The quantitative estimate of drug-likeness (QED) is 0.747. The number of hydrogen-bond donors (Lipinski definition) is 3. The molecule has 0 aliphatic carbocycles. The Morgan fingerprint density at radius 2 is 2.12 bits per heavy atom. The van der Waals surface area contributed by atoms with E-state index in [0.717, 1.165) is 0 Å². The van der Waals surface area contributed by atoms with E-state index in [9.17, 15) is 9.50 Å². The van der Waals surface area contributed by atoms with Crippen LogP contribution < -0.4 is 11.1 Å². The van der Waals surface area contributed by atoms with Crippen LogP contribution in [0.4, 0.5) is 15.8 Å². The van der Waals surface area contributed by atoms with Crippen LogP contribution in [0.1, 0.15) is 13.8 Å². The SMILES string of the molecule is CC(C)C(CO)Nc1cc(Br)c(F)cc1N. The van der Waals surface area contributed by atoms with E-state index in [4.69, 9.17) is 5.73 Å². The van der Waals surface area contributed by atoms with Crippen molar-refractivity contribution in [3.05, 3.63) is 22.4 Å². The molecule has 0 heterocycles. The molecule has 16 heavy (non-hydrogen) atoms. The summed E-state index contributed by atoms with van der Waals surface area (Å²) in [6, 6.07) is 2.73. The van der Waals surface area contributed by atoms with Gasteiger partial charge in [-0.25, -0.2) is 4.39 Å². The van der Waals surface area contributed by atoms with E-state index in [-0.39, 0.29) is 18.6 Å². The zero-order chi connectivity index (χ0) is 12.3. The molecule has 3 nitrogen and oxygen atoms in total. The molecule has 0 spiro atoms. The molecule has 0 bridgehead atoms. The monoisotopic (exact) mass is 290 g/mol. The maximum atomic E-state index is 13.1.